The van der Waals surface area contributed by atoms with E-state index in [1.165, 1.54) is 0 Å². The highest BCUT2D eigenvalue weighted by molar-refractivity contribution is 5.08. The zero-order chi connectivity index (χ0) is 13.4. The molecule has 104 valence electrons. The molecule has 0 saturated carbocycles. The molecule has 4 heteroatoms. The van der Waals surface area contributed by atoms with Crippen molar-refractivity contribution in [3.05, 3.63) is 23.7 Å². The molecule has 0 aliphatic carbocycles. The molecule has 0 amide bonds. The normalized spacial score (nSPS) is 13.2. The second-order valence-corrected chi connectivity index (χ2v) is 4.25. The molecule has 0 saturated heterocycles. The van der Waals surface area contributed by atoms with Crippen LogP contribution in [0.3, 0.4) is 0 Å². The fourth-order valence-electron chi connectivity index (χ4n) is 1.79. The minimum absolute atomic E-state index is 0.113. The van der Waals surface area contributed by atoms with E-state index in [9.17, 15) is 0 Å². The van der Waals surface area contributed by atoms with Gasteiger partial charge in [-0.15, -0.1) is 0 Å². The van der Waals surface area contributed by atoms with Gasteiger partial charge in [-0.1, -0.05) is 0 Å². The van der Waals surface area contributed by atoms with Gasteiger partial charge >= 0.3 is 0 Å². The molecule has 0 aromatic carbocycles. The van der Waals surface area contributed by atoms with Gasteiger partial charge in [-0.3, -0.25) is 0 Å². The molecule has 0 aliphatic rings. The van der Waals surface area contributed by atoms with Gasteiger partial charge in [-0.05, 0) is 39.8 Å². The highest BCUT2D eigenvalue weighted by Crippen LogP contribution is 2.15. The zero-order valence-corrected chi connectivity index (χ0v) is 11.9. The molecule has 1 atom stereocenters. The van der Waals surface area contributed by atoms with Crippen LogP contribution < -0.4 is 5.32 Å². The van der Waals surface area contributed by atoms with Crippen LogP contribution in [-0.4, -0.2) is 26.0 Å². The van der Waals surface area contributed by atoms with Crippen molar-refractivity contribution < 1.29 is 13.9 Å². The minimum atomic E-state index is -0.113. The topological polar surface area (TPSA) is 43.6 Å². The van der Waals surface area contributed by atoms with Crippen molar-refractivity contribution in [3.63, 3.8) is 0 Å². The van der Waals surface area contributed by atoms with Gasteiger partial charge in [-0.25, -0.2) is 0 Å². The second-order valence-electron chi connectivity index (χ2n) is 4.25. The first-order valence-electron chi connectivity index (χ1n) is 6.70. The number of aryl methyl sites for hydroxylation is 1. The summed E-state index contributed by atoms with van der Waals surface area (Å²) >= 11 is 0. The van der Waals surface area contributed by atoms with Crippen LogP contribution in [-0.2, 0) is 9.47 Å². The Labute approximate surface area is 110 Å². The van der Waals surface area contributed by atoms with Crippen LogP contribution in [0.2, 0.25) is 0 Å². The zero-order valence-electron chi connectivity index (χ0n) is 11.9. The first kappa shape index (κ1) is 15.2. The fraction of sp³-hybridized carbons (Fsp3) is 0.714. The first-order chi connectivity index (χ1) is 8.67. The predicted octanol–water partition coefficient (Wildman–Crippen LogP) is 3.03. The molecular weight excluding hydrogens is 230 g/mol. The van der Waals surface area contributed by atoms with Crippen LogP contribution in [0.15, 0.2) is 16.5 Å². The number of hydrogen-bond donors (Lipinski definition) is 1. The Balaban J connectivity index is 2.27. The third kappa shape index (κ3) is 5.21. The number of nitrogens with one attached hydrogen (secondary N) is 1. The van der Waals surface area contributed by atoms with Crippen LogP contribution in [0.4, 0.5) is 0 Å². The summed E-state index contributed by atoms with van der Waals surface area (Å²) in [6.45, 7) is 10.2. The van der Waals surface area contributed by atoms with E-state index in [4.69, 9.17) is 13.9 Å². The van der Waals surface area contributed by atoms with E-state index in [0.29, 0.717) is 13.2 Å². The molecule has 0 radical (unpaired) electrons. The first-order valence-corrected chi connectivity index (χ1v) is 6.70. The highest BCUT2D eigenvalue weighted by Gasteiger charge is 2.11. The summed E-state index contributed by atoms with van der Waals surface area (Å²) in [7, 11) is 0. The van der Waals surface area contributed by atoms with Gasteiger partial charge < -0.3 is 19.2 Å². The second kappa shape index (κ2) is 8.29. The predicted molar refractivity (Wildman–Crippen MR) is 71.5 cm³/mol. The quantitative estimate of drug-likeness (QED) is 0.689. The van der Waals surface area contributed by atoms with Crippen molar-refractivity contribution in [3.8, 4) is 0 Å². The lowest BCUT2D eigenvalue weighted by molar-refractivity contribution is -0.138. The third-order valence-corrected chi connectivity index (χ3v) is 2.72. The molecule has 0 aliphatic heterocycles. The summed E-state index contributed by atoms with van der Waals surface area (Å²) in [5.41, 5.74) is 0. The summed E-state index contributed by atoms with van der Waals surface area (Å²) in [4.78, 5) is 0. The van der Waals surface area contributed by atoms with E-state index in [-0.39, 0.29) is 12.3 Å². The Morgan fingerprint density at radius 2 is 1.89 bits per heavy atom. The summed E-state index contributed by atoms with van der Waals surface area (Å²) in [5.74, 6) is 1.91. The molecule has 18 heavy (non-hydrogen) atoms. The molecular formula is C14H25NO3. The van der Waals surface area contributed by atoms with E-state index in [1.54, 1.807) is 0 Å². The van der Waals surface area contributed by atoms with Gasteiger partial charge in [0, 0.05) is 26.2 Å². The molecule has 0 bridgehead atoms. The van der Waals surface area contributed by atoms with Gasteiger partial charge in [0.15, 0.2) is 6.29 Å². The summed E-state index contributed by atoms with van der Waals surface area (Å²) in [6, 6.07) is 4.20. The maximum Gasteiger partial charge on any atom is 0.158 e. The molecule has 1 aromatic heterocycles. The Hall–Kier alpha value is -0.840. The molecule has 1 unspecified atom stereocenters. The van der Waals surface area contributed by atoms with Crippen LogP contribution in [0.25, 0.3) is 0 Å². The largest absolute Gasteiger partial charge is 0.465 e. The van der Waals surface area contributed by atoms with Crippen LogP contribution in [0, 0.1) is 6.92 Å². The van der Waals surface area contributed by atoms with Crippen molar-refractivity contribution >= 4 is 0 Å². The summed E-state index contributed by atoms with van der Waals surface area (Å²) < 4.78 is 16.5. The highest BCUT2D eigenvalue weighted by atomic mass is 16.7. The monoisotopic (exact) mass is 255 g/mol. The van der Waals surface area contributed by atoms with Crippen molar-refractivity contribution in [2.75, 3.05) is 19.8 Å². The summed E-state index contributed by atoms with van der Waals surface area (Å²) in [5, 5.41) is 3.41. The lowest BCUT2D eigenvalue weighted by Crippen LogP contribution is -2.26. The van der Waals surface area contributed by atoms with Gasteiger partial charge in [0.25, 0.3) is 0 Å². The molecule has 1 N–H and O–H groups in total. The molecule has 1 aromatic rings. The Morgan fingerprint density at radius 1 is 1.22 bits per heavy atom. The minimum Gasteiger partial charge on any atom is -0.465 e. The molecule has 1 heterocycles. The molecule has 1 rings (SSSR count). The van der Waals surface area contributed by atoms with Crippen molar-refractivity contribution in [2.45, 2.75) is 46.4 Å². The van der Waals surface area contributed by atoms with Gasteiger partial charge in [0.05, 0.1) is 6.04 Å². The Bertz CT molecular complexity index is 319. The maximum absolute atomic E-state index is 5.57. The third-order valence-electron chi connectivity index (χ3n) is 2.72. The van der Waals surface area contributed by atoms with Gasteiger partial charge in [-0.2, -0.15) is 0 Å². The number of ether oxygens (including phenoxy) is 2. The van der Waals surface area contributed by atoms with E-state index in [1.807, 2.05) is 32.9 Å². The SMILES string of the molecule is CCOC(CCNC(C)c1ccc(C)o1)OCC. The van der Waals surface area contributed by atoms with Crippen LogP contribution in [0.5, 0.6) is 0 Å². The smallest absolute Gasteiger partial charge is 0.158 e. The number of furan rings is 1. The molecule has 0 fully saturated rings. The Morgan fingerprint density at radius 3 is 2.39 bits per heavy atom. The Kier molecular flexibility index (Phi) is 7.01. The molecule has 4 nitrogen and oxygen atoms in total. The fourth-order valence-corrected chi connectivity index (χ4v) is 1.79. The van der Waals surface area contributed by atoms with E-state index in [2.05, 4.69) is 12.2 Å². The summed E-state index contributed by atoms with van der Waals surface area (Å²) in [6.07, 6.45) is 0.726. The number of hydrogen-bond acceptors (Lipinski definition) is 4. The van der Waals surface area contributed by atoms with E-state index < -0.39 is 0 Å². The number of rotatable bonds is 9. The average molecular weight is 255 g/mol. The van der Waals surface area contributed by atoms with Crippen molar-refractivity contribution in [2.24, 2.45) is 0 Å². The average Bonchev–Trinajstić information content (AvgIpc) is 2.76. The van der Waals surface area contributed by atoms with Gasteiger partial charge in [0.2, 0.25) is 0 Å². The van der Waals surface area contributed by atoms with E-state index in [0.717, 1.165) is 24.5 Å². The molecule has 0 spiro atoms. The van der Waals surface area contributed by atoms with Crippen LogP contribution in [0.1, 0.15) is 44.8 Å². The lowest BCUT2D eigenvalue weighted by atomic mass is 10.2. The van der Waals surface area contributed by atoms with Gasteiger partial charge in [0.1, 0.15) is 11.5 Å². The maximum atomic E-state index is 5.57. The standard InChI is InChI=1S/C14H25NO3/c1-5-16-14(17-6-2)9-10-15-12(4)13-8-7-11(3)18-13/h7-8,12,14-15H,5-6,9-10H2,1-4H3. The van der Waals surface area contributed by atoms with Crippen molar-refractivity contribution in [1.82, 2.24) is 5.32 Å². The van der Waals surface area contributed by atoms with Crippen molar-refractivity contribution in [1.29, 1.82) is 0 Å². The lowest BCUT2D eigenvalue weighted by Gasteiger charge is -2.18. The van der Waals surface area contributed by atoms with Crippen LogP contribution >= 0.6 is 0 Å². The van der Waals surface area contributed by atoms with E-state index >= 15 is 0 Å².